The van der Waals surface area contributed by atoms with Gasteiger partial charge >= 0.3 is 0 Å². The van der Waals surface area contributed by atoms with Crippen LogP contribution in [0.15, 0.2) is 12.0 Å². The molecule has 1 atom stereocenters. The van der Waals surface area contributed by atoms with Crippen LogP contribution in [-0.4, -0.2) is 12.7 Å². The fourth-order valence-electron chi connectivity index (χ4n) is 0.553. The highest BCUT2D eigenvalue weighted by atomic mass is 16.6. The van der Waals surface area contributed by atoms with Crippen molar-refractivity contribution in [3.8, 4) is 0 Å². The number of epoxide rings is 1. The Morgan fingerprint density at radius 1 is 1.78 bits per heavy atom. The van der Waals surface area contributed by atoms with Crippen LogP contribution >= 0.6 is 0 Å². The first-order chi connectivity index (χ1) is 4.34. The van der Waals surface area contributed by atoms with Crippen molar-refractivity contribution in [2.45, 2.75) is 26.4 Å². The van der Waals surface area contributed by atoms with E-state index in [1.807, 2.05) is 6.92 Å². The van der Waals surface area contributed by atoms with Crippen LogP contribution in [0.1, 0.15) is 20.3 Å². The Hall–Kier alpha value is -0.660. The van der Waals surface area contributed by atoms with Gasteiger partial charge in [-0.3, -0.25) is 0 Å². The standard InChI is InChI=1S/C7H12O2/c1-3-4-8-5-7-6(2)9-7/h5-6H,3-4H2,1-2H3. The van der Waals surface area contributed by atoms with Crippen molar-refractivity contribution in [3.63, 3.8) is 0 Å². The van der Waals surface area contributed by atoms with Gasteiger partial charge in [0.05, 0.1) is 6.61 Å². The van der Waals surface area contributed by atoms with Crippen molar-refractivity contribution < 1.29 is 9.47 Å². The van der Waals surface area contributed by atoms with Gasteiger partial charge in [-0.1, -0.05) is 6.92 Å². The maximum Gasteiger partial charge on any atom is 0.172 e. The molecule has 2 heteroatoms. The van der Waals surface area contributed by atoms with Gasteiger partial charge in [-0.25, -0.2) is 0 Å². The van der Waals surface area contributed by atoms with Crippen molar-refractivity contribution >= 4 is 0 Å². The molecule has 9 heavy (non-hydrogen) atoms. The molecule has 1 heterocycles. The molecule has 1 aliphatic heterocycles. The third-order valence-corrected chi connectivity index (χ3v) is 1.18. The van der Waals surface area contributed by atoms with Gasteiger partial charge < -0.3 is 9.47 Å². The molecular formula is C7H12O2. The summed E-state index contributed by atoms with van der Waals surface area (Å²) in [6, 6.07) is 0. The number of hydrogen-bond acceptors (Lipinski definition) is 2. The lowest BCUT2D eigenvalue weighted by atomic mass is 10.5. The highest BCUT2D eigenvalue weighted by Gasteiger charge is 2.26. The SMILES string of the molecule is CCCOC=C1OC1C. The van der Waals surface area contributed by atoms with Gasteiger partial charge in [0.2, 0.25) is 0 Å². The average Bonchev–Trinajstić information content (AvgIpc) is 2.48. The van der Waals surface area contributed by atoms with Crippen LogP contribution in [0.2, 0.25) is 0 Å². The van der Waals surface area contributed by atoms with E-state index in [-0.39, 0.29) is 0 Å². The minimum Gasteiger partial charge on any atom is -0.498 e. The van der Waals surface area contributed by atoms with Crippen LogP contribution in [0, 0.1) is 0 Å². The summed E-state index contributed by atoms with van der Waals surface area (Å²) in [5.41, 5.74) is 0. The second-order valence-electron chi connectivity index (χ2n) is 2.15. The van der Waals surface area contributed by atoms with E-state index < -0.39 is 0 Å². The molecule has 52 valence electrons. The second-order valence-corrected chi connectivity index (χ2v) is 2.15. The maximum atomic E-state index is 5.09. The largest absolute Gasteiger partial charge is 0.498 e. The molecule has 0 saturated carbocycles. The lowest BCUT2D eigenvalue weighted by molar-refractivity contribution is 0.244. The summed E-state index contributed by atoms with van der Waals surface area (Å²) in [5.74, 6) is 0.975. The predicted molar refractivity (Wildman–Crippen MR) is 34.9 cm³/mol. The molecule has 0 aromatic rings. The molecule has 0 aromatic heterocycles. The number of hydrogen-bond donors (Lipinski definition) is 0. The molecule has 0 N–H and O–H groups in total. The first-order valence-corrected chi connectivity index (χ1v) is 3.33. The quantitative estimate of drug-likeness (QED) is 0.327. The Bertz CT molecular complexity index is 118. The molecule has 0 aromatic carbocycles. The summed E-state index contributed by atoms with van der Waals surface area (Å²) in [5, 5.41) is 0. The third kappa shape index (κ3) is 1.96. The Morgan fingerprint density at radius 2 is 2.44 bits per heavy atom. The fraction of sp³-hybridized carbons (Fsp3) is 0.714. The zero-order valence-corrected chi connectivity index (χ0v) is 5.89. The van der Waals surface area contributed by atoms with E-state index in [4.69, 9.17) is 9.47 Å². The molecule has 1 saturated heterocycles. The zero-order valence-electron chi connectivity index (χ0n) is 5.89. The topological polar surface area (TPSA) is 21.8 Å². The van der Waals surface area contributed by atoms with E-state index in [0.717, 1.165) is 18.8 Å². The van der Waals surface area contributed by atoms with E-state index >= 15 is 0 Å². The van der Waals surface area contributed by atoms with Crippen molar-refractivity contribution in [2.24, 2.45) is 0 Å². The molecule has 1 rings (SSSR count). The molecular weight excluding hydrogens is 116 g/mol. The van der Waals surface area contributed by atoms with Crippen molar-refractivity contribution in [2.75, 3.05) is 6.61 Å². The van der Waals surface area contributed by atoms with Crippen LogP contribution in [0.5, 0.6) is 0 Å². The van der Waals surface area contributed by atoms with E-state index in [1.165, 1.54) is 0 Å². The summed E-state index contributed by atoms with van der Waals surface area (Å²) in [6.45, 7) is 4.87. The van der Waals surface area contributed by atoms with Crippen molar-refractivity contribution in [1.82, 2.24) is 0 Å². The van der Waals surface area contributed by atoms with Crippen LogP contribution < -0.4 is 0 Å². The normalized spacial score (nSPS) is 27.8. The van der Waals surface area contributed by atoms with Crippen LogP contribution in [0.4, 0.5) is 0 Å². The molecule has 0 amide bonds. The molecule has 1 fully saturated rings. The van der Waals surface area contributed by atoms with Gasteiger partial charge in [-0.2, -0.15) is 0 Å². The highest BCUT2D eigenvalue weighted by molar-refractivity contribution is 5.08. The van der Waals surface area contributed by atoms with Gasteiger partial charge in [-0.15, -0.1) is 0 Å². The van der Waals surface area contributed by atoms with Gasteiger partial charge in [0.1, 0.15) is 6.26 Å². The van der Waals surface area contributed by atoms with E-state index in [2.05, 4.69) is 6.92 Å². The van der Waals surface area contributed by atoms with Crippen LogP contribution in [0.3, 0.4) is 0 Å². The van der Waals surface area contributed by atoms with Gasteiger partial charge in [-0.05, 0) is 13.3 Å². The van der Waals surface area contributed by atoms with Gasteiger partial charge in [0, 0.05) is 0 Å². The molecule has 2 nitrogen and oxygen atoms in total. The van der Waals surface area contributed by atoms with Crippen LogP contribution in [0.25, 0.3) is 0 Å². The van der Waals surface area contributed by atoms with Crippen LogP contribution in [-0.2, 0) is 9.47 Å². The first-order valence-electron chi connectivity index (χ1n) is 3.33. The Kier molecular flexibility index (Phi) is 1.98. The molecule has 0 aliphatic carbocycles. The maximum absolute atomic E-state index is 5.09. The fourth-order valence-corrected chi connectivity index (χ4v) is 0.553. The summed E-state index contributed by atoms with van der Waals surface area (Å²) >= 11 is 0. The minimum atomic E-state index is 0.307. The third-order valence-electron chi connectivity index (χ3n) is 1.18. The van der Waals surface area contributed by atoms with Crippen molar-refractivity contribution in [1.29, 1.82) is 0 Å². The first kappa shape index (κ1) is 6.46. The van der Waals surface area contributed by atoms with E-state index in [9.17, 15) is 0 Å². The highest BCUT2D eigenvalue weighted by Crippen LogP contribution is 2.25. The van der Waals surface area contributed by atoms with E-state index in [1.54, 1.807) is 6.26 Å². The summed E-state index contributed by atoms with van der Waals surface area (Å²) in [7, 11) is 0. The van der Waals surface area contributed by atoms with Gasteiger partial charge in [0.25, 0.3) is 0 Å². The average molecular weight is 128 g/mol. The van der Waals surface area contributed by atoms with Crippen molar-refractivity contribution in [3.05, 3.63) is 12.0 Å². The summed E-state index contributed by atoms with van der Waals surface area (Å²) < 4.78 is 10.1. The Labute approximate surface area is 55.5 Å². The molecule has 1 unspecified atom stereocenters. The minimum absolute atomic E-state index is 0.307. The monoisotopic (exact) mass is 128 g/mol. The number of rotatable bonds is 3. The Balaban J connectivity index is 2.04. The summed E-state index contributed by atoms with van der Waals surface area (Å²) in [4.78, 5) is 0. The smallest absolute Gasteiger partial charge is 0.172 e. The predicted octanol–water partition coefficient (Wildman–Crippen LogP) is 1.67. The lowest BCUT2D eigenvalue weighted by Gasteiger charge is -1.91. The molecule has 0 radical (unpaired) electrons. The number of ether oxygens (including phenoxy) is 2. The van der Waals surface area contributed by atoms with E-state index in [0.29, 0.717) is 6.10 Å². The zero-order chi connectivity index (χ0) is 6.69. The molecule has 1 aliphatic rings. The Morgan fingerprint density at radius 3 is 2.89 bits per heavy atom. The summed E-state index contributed by atoms with van der Waals surface area (Å²) in [6.07, 6.45) is 3.06. The molecule has 0 bridgehead atoms. The van der Waals surface area contributed by atoms with Gasteiger partial charge in [0.15, 0.2) is 11.9 Å². The lowest BCUT2D eigenvalue weighted by Crippen LogP contribution is -1.82. The molecule has 0 spiro atoms. The second kappa shape index (κ2) is 2.76.